The van der Waals surface area contributed by atoms with Crippen LogP contribution in [0.25, 0.3) is 0 Å². The summed E-state index contributed by atoms with van der Waals surface area (Å²) in [6.07, 6.45) is 0.245. The van der Waals surface area contributed by atoms with E-state index in [9.17, 15) is 4.79 Å². The Morgan fingerprint density at radius 1 is 1.10 bits per heavy atom. The molecule has 0 saturated heterocycles. The number of halogens is 2. The number of carbonyl (C=O) groups excluding carboxylic acids is 1. The monoisotopic (exact) mass is 546 g/mol. The Balaban J connectivity index is 0.00000450. The maximum absolute atomic E-state index is 12.2. The van der Waals surface area contributed by atoms with E-state index < -0.39 is 0 Å². The summed E-state index contributed by atoms with van der Waals surface area (Å²) < 4.78 is 10.6. The van der Waals surface area contributed by atoms with Crippen LogP contribution >= 0.6 is 35.6 Å². The summed E-state index contributed by atoms with van der Waals surface area (Å²) in [5.74, 6) is 1.71. The van der Waals surface area contributed by atoms with E-state index in [1.165, 1.54) is 0 Å². The lowest BCUT2D eigenvalue weighted by Crippen LogP contribution is -2.31. The number of anilines is 2. The van der Waals surface area contributed by atoms with E-state index in [1.54, 1.807) is 26.4 Å². The number of methoxy groups -OCH3 is 2. The summed E-state index contributed by atoms with van der Waals surface area (Å²) in [6, 6.07) is 10.9. The van der Waals surface area contributed by atoms with Gasteiger partial charge in [-0.15, -0.1) is 24.0 Å². The van der Waals surface area contributed by atoms with E-state index >= 15 is 0 Å². The molecule has 1 amide bonds. The minimum atomic E-state index is -0.124. The minimum absolute atomic E-state index is 0. The molecular formula is C21H28ClIN4O3. The van der Waals surface area contributed by atoms with Crippen molar-refractivity contribution in [3.8, 4) is 11.5 Å². The third-order valence-corrected chi connectivity index (χ3v) is 4.55. The smallest absolute Gasteiger partial charge is 0.226 e. The van der Waals surface area contributed by atoms with Crippen LogP contribution in [-0.2, 0) is 4.79 Å². The second kappa shape index (κ2) is 13.2. The number of guanidine groups is 1. The van der Waals surface area contributed by atoms with Crippen LogP contribution in [0.15, 0.2) is 41.4 Å². The predicted molar refractivity (Wildman–Crippen MR) is 134 cm³/mol. The average molecular weight is 547 g/mol. The van der Waals surface area contributed by atoms with E-state index in [2.05, 4.69) is 20.9 Å². The van der Waals surface area contributed by atoms with Crippen LogP contribution in [0.2, 0.25) is 5.02 Å². The van der Waals surface area contributed by atoms with Crippen molar-refractivity contribution in [2.45, 2.75) is 20.3 Å². The summed E-state index contributed by atoms with van der Waals surface area (Å²) in [4.78, 5) is 16.7. The molecule has 0 heterocycles. The van der Waals surface area contributed by atoms with Crippen molar-refractivity contribution in [2.24, 2.45) is 4.99 Å². The Morgan fingerprint density at radius 2 is 1.83 bits per heavy atom. The normalized spacial score (nSPS) is 10.6. The first-order chi connectivity index (χ1) is 14.0. The second-order valence-corrected chi connectivity index (χ2v) is 6.57. The maximum atomic E-state index is 12.2. The predicted octanol–water partition coefficient (Wildman–Crippen LogP) is 4.69. The van der Waals surface area contributed by atoms with Crippen LogP contribution in [0.5, 0.6) is 11.5 Å². The van der Waals surface area contributed by atoms with Gasteiger partial charge in [-0.05, 0) is 43.7 Å². The highest BCUT2D eigenvalue weighted by Gasteiger charge is 2.08. The molecule has 0 aliphatic rings. The number of rotatable bonds is 8. The molecular weight excluding hydrogens is 519 g/mol. The zero-order chi connectivity index (χ0) is 21.2. The number of nitrogens with zero attached hydrogens (tertiary/aromatic N) is 1. The van der Waals surface area contributed by atoms with Crippen molar-refractivity contribution < 1.29 is 14.3 Å². The average Bonchev–Trinajstić information content (AvgIpc) is 2.71. The van der Waals surface area contributed by atoms with Gasteiger partial charge in [0.2, 0.25) is 5.91 Å². The third kappa shape index (κ3) is 7.56. The first kappa shape index (κ1) is 25.8. The maximum Gasteiger partial charge on any atom is 0.226 e. The van der Waals surface area contributed by atoms with Crippen LogP contribution in [0.1, 0.15) is 18.9 Å². The van der Waals surface area contributed by atoms with Crippen molar-refractivity contribution in [3.63, 3.8) is 0 Å². The number of amides is 1. The molecule has 0 fully saturated rings. The Bertz CT molecular complexity index is 877. The number of aliphatic imine (C=N–C) groups is 1. The van der Waals surface area contributed by atoms with Gasteiger partial charge in [0.25, 0.3) is 0 Å². The topological polar surface area (TPSA) is 84.0 Å². The molecule has 0 saturated carbocycles. The largest absolute Gasteiger partial charge is 0.493 e. The summed E-state index contributed by atoms with van der Waals surface area (Å²) in [7, 11) is 3.17. The second-order valence-electron chi connectivity index (χ2n) is 6.17. The molecule has 164 valence electrons. The highest BCUT2D eigenvalue weighted by atomic mass is 127. The van der Waals surface area contributed by atoms with Gasteiger partial charge in [-0.1, -0.05) is 17.7 Å². The zero-order valence-corrected chi connectivity index (χ0v) is 20.6. The molecule has 9 heteroatoms. The fourth-order valence-electron chi connectivity index (χ4n) is 2.58. The van der Waals surface area contributed by atoms with Crippen LogP contribution in [0, 0.1) is 6.92 Å². The molecule has 0 unspecified atom stereocenters. The van der Waals surface area contributed by atoms with Crippen molar-refractivity contribution >= 4 is 58.8 Å². The summed E-state index contributed by atoms with van der Waals surface area (Å²) >= 11 is 6.09. The lowest BCUT2D eigenvalue weighted by Gasteiger charge is -2.14. The first-order valence-electron chi connectivity index (χ1n) is 9.30. The third-order valence-electron chi connectivity index (χ3n) is 4.14. The van der Waals surface area contributed by atoms with Gasteiger partial charge >= 0.3 is 0 Å². The molecule has 2 aromatic carbocycles. The summed E-state index contributed by atoms with van der Waals surface area (Å²) in [5.41, 5.74) is 2.35. The van der Waals surface area contributed by atoms with Gasteiger partial charge in [-0.25, -0.2) is 0 Å². The minimum Gasteiger partial charge on any atom is -0.493 e. The van der Waals surface area contributed by atoms with Crippen LogP contribution < -0.4 is 25.4 Å². The standard InChI is InChI=1S/C21H27ClN4O3.HI/c1-5-23-21(25-15-9-10-18(28-3)19(13-15)29-4)24-12-11-20(27)26-17-8-6-7-16(22)14(17)2;/h6-10,13H,5,11-12H2,1-4H3,(H,26,27)(H2,23,24,25);1H. The van der Waals surface area contributed by atoms with Gasteiger partial charge in [0.15, 0.2) is 17.5 Å². The molecule has 0 aliphatic heterocycles. The number of hydrogen-bond acceptors (Lipinski definition) is 4. The Labute approximate surface area is 199 Å². The van der Waals surface area contributed by atoms with Gasteiger partial charge in [0.1, 0.15) is 0 Å². The van der Waals surface area contributed by atoms with Crippen molar-refractivity contribution in [1.82, 2.24) is 5.32 Å². The summed E-state index contributed by atoms with van der Waals surface area (Å²) in [5, 5.41) is 9.85. The fourth-order valence-corrected chi connectivity index (χ4v) is 2.76. The quantitative estimate of drug-likeness (QED) is 0.254. The Kier molecular flexibility index (Phi) is 11.3. The number of ether oxygens (including phenoxy) is 2. The molecule has 2 rings (SSSR count). The molecule has 0 bridgehead atoms. The van der Waals surface area contributed by atoms with E-state index in [-0.39, 0.29) is 36.3 Å². The fraction of sp³-hybridized carbons (Fsp3) is 0.333. The van der Waals surface area contributed by atoms with Gasteiger partial charge in [-0.3, -0.25) is 9.79 Å². The Hall–Kier alpha value is -2.20. The molecule has 0 aliphatic carbocycles. The molecule has 0 aromatic heterocycles. The zero-order valence-electron chi connectivity index (χ0n) is 17.5. The molecule has 0 radical (unpaired) electrons. The molecule has 30 heavy (non-hydrogen) atoms. The number of nitrogens with one attached hydrogen (secondary N) is 3. The van der Waals surface area contributed by atoms with Gasteiger partial charge in [0, 0.05) is 35.4 Å². The molecule has 0 spiro atoms. The van der Waals surface area contributed by atoms with E-state index in [4.69, 9.17) is 21.1 Å². The van der Waals surface area contributed by atoms with Gasteiger partial charge in [-0.2, -0.15) is 0 Å². The first-order valence-corrected chi connectivity index (χ1v) is 9.68. The number of hydrogen-bond donors (Lipinski definition) is 3. The van der Waals surface area contributed by atoms with Crippen LogP contribution in [0.3, 0.4) is 0 Å². The molecule has 7 nitrogen and oxygen atoms in total. The Morgan fingerprint density at radius 3 is 2.50 bits per heavy atom. The van der Waals surface area contributed by atoms with Gasteiger partial charge in [0.05, 0.1) is 20.8 Å². The number of carbonyl (C=O) groups is 1. The SMILES string of the molecule is CCNC(=NCCC(=O)Nc1cccc(Cl)c1C)Nc1ccc(OC)c(OC)c1.I. The molecule has 0 atom stereocenters. The van der Waals surface area contributed by atoms with Crippen molar-refractivity contribution in [2.75, 3.05) is 37.9 Å². The highest BCUT2D eigenvalue weighted by molar-refractivity contribution is 14.0. The summed E-state index contributed by atoms with van der Waals surface area (Å²) in [6.45, 7) is 4.86. The van der Waals surface area contributed by atoms with Crippen LogP contribution in [0.4, 0.5) is 11.4 Å². The molecule has 3 N–H and O–H groups in total. The van der Waals surface area contributed by atoms with E-state index in [0.29, 0.717) is 41.3 Å². The van der Waals surface area contributed by atoms with Crippen molar-refractivity contribution in [1.29, 1.82) is 0 Å². The lowest BCUT2D eigenvalue weighted by atomic mass is 10.2. The van der Waals surface area contributed by atoms with Crippen LogP contribution in [-0.4, -0.2) is 39.2 Å². The lowest BCUT2D eigenvalue weighted by molar-refractivity contribution is -0.116. The van der Waals surface area contributed by atoms with E-state index in [0.717, 1.165) is 11.3 Å². The highest BCUT2D eigenvalue weighted by Crippen LogP contribution is 2.29. The van der Waals surface area contributed by atoms with E-state index in [1.807, 2.05) is 38.1 Å². The number of benzene rings is 2. The van der Waals surface area contributed by atoms with Gasteiger partial charge < -0.3 is 25.4 Å². The van der Waals surface area contributed by atoms with Crippen molar-refractivity contribution in [3.05, 3.63) is 47.0 Å². The molecule has 2 aromatic rings.